The van der Waals surface area contributed by atoms with Gasteiger partial charge in [0.25, 0.3) is 0 Å². The largest absolute Gasteiger partial charge is 0.486 e. The van der Waals surface area contributed by atoms with Crippen LogP contribution in [-0.2, 0) is 9.59 Å². The van der Waals surface area contributed by atoms with E-state index in [1.54, 1.807) is 29.2 Å². The van der Waals surface area contributed by atoms with Crippen molar-refractivity contribution in [2.24, 2.45) is 0 Å². The SMILES string of the molecule is CCN(CC(=O)Nc1cc(Cl)ccc1C)CC(=O)Nc1cc2c(cc1Br)OCCO2. The van der Waals surface area contributed by atoms with Crippen LogP contribution < -0.4 is 20.1 Å². The minimum atomic E-state index is -0.235. The second kappa shape index (κ2) is 10.1. The monoisotopic (exact) mass is 495 g/mol. The van der Waals surface area contributed by atoms with Gasteiger partial charge in [-0.2, -0.15) is 0 Å². The number of hydrogen-bond acceptors (Lipinski definition) is 5. The van der Waals surface area contributed by atoms with Crippen molar-refractivity contribution in [2.45, 2.75) is 13.8 Å². The van der Waals surface area contributed by atoms with Gasteiger partial charge in [-0.25, -0.2) is 0 Å². The van der Waals surface area contributed by atoms with Gasteiger partial charge >= 0.3 is 0 Å². The Bertz CT molecular complexity index is 954. The van der Waals surface area contributed by atoms with E-state index in [0.29, 0.717) is 52.1 Å². The zero-order valence-corrected chi connectivity index (χ0v) is 19.1. The number of benzene rings is 2. The molecule has 0 fully saturated rings. The highest BCUT2D eigenvalue weighted by atomic mass is 79.9. The Morgan fingerprint density at radius 3 is 2.27 bits per heavy atom. The lowest BCUT2D eigenvalue weighted by Crippen LogP contribution is -2.38. The molecule has 7 nitrogen and oxygen atoms in total. The number of carbonyl (C=O) groups is 2. The maximum atomic E-state index is 12.5. The molecular formula is C21H23BrClN3O4. The Labute approximate surface area is 188 Å². The molecular weight excluding hydrogens is 474 g/mol. The molecule has 0 aliphatic carbocycles. The summed E-state index contributed by atoms with van der Waals surface area (Å²) in [6.07, 6.45) is 0. The van der Waals surface area contributed by atoms with E-state index in [9.17, 15) is 9.59 Å². The van der Waals surface area contributed by atoms with Gasteiger partial charge in [0.2, 0.25) is 11.8 Å². The van der Waals surface area contributed by atoms with Crippen LogP contribution in [0.1, 0.15) is 12.5 Å². The number of carbonyl (C=O) groups excluding carboxylic acids is 2. The Balaban J connectivity index is 1.58. The van der Waals surface area contributed by atoms with E-state index in [4.69, 9.17) is 21.1 Å². The summed E-state index contributed by atoms with van der Waals surface area (Å²) < 4.78 is 11.8. The van der Waals surface area contributed by atoms with Crippen LogP contribution in [0.15, 0.2) is 34.8 Å². The third-order valence-electron chi connectivity index (χ3n) is 4.56. The van der Waals surface area contributed by atoms with Gasteiger partial charge in [0, 0.05) is 27.3 Å². The van der Waals surface area contributed by atoms with Gasteiger partial charge in [0.05, 0.1) is 18.8 Å². The summed E-state index contributed by atoms with van der Waals surface area (Å²) in [7, 11) is 0. The normalized spacial score (nSPS) is 12.6. The fraction of sp³-hybridized carbons (Fsp3) is 0.333. The highest BCUT2D eigenvalue weighted by Gasteiger charge is 2.18. The molecule has 1 aliphatic heterocycles. The molecule has 9 heteroatoms. The van der Waals surface area contributed by atoms with Crippen molar-refractivity contribution < 1.29 is 19.1 Å². The first-order valence-corrected chi connectivity index (χ1v) is 10.7. The predicted molar refractivity (Wildman–Crippen MR) is 121 cm³/mol. The van der Waals surface area contributed by atoms with E-state index < -0.39 is 0 Å². The molecule has 0 atom stereocenters. The van der Waals surface area contributed by atoms with Crippen LogP contribution in [0.5, 0.6) is 11.5 Å². The molecule has 1 heterocycles. The van der Waals surface area contributed by atoms with Crippen LogP contribution in [0.25, 0.3) is 0 Å². The molecule has 0 bridgehead atoms. The Morgan fingerprint density at radius 2 is 1.63 bits per heavy atom. The smallest absolute Gasteiger partial charge is 0.238 e. The first-order chi connectivity index (χ1) is 14.4. The summed E-state index contributed by atoms with van der Waals surface area (Å²) in [5, 5.41) is 6.25. The summed E-state index contributed by atoms with van der Waals surface area (Å²) >= 11 is 9.44. The summed E-state index contributed by atoms with van der Waals surface area (Å²) in [5.41, 5.74) is 2.16. The molecule has 3 rings (SSSR count). The van der Waals surface area contributed by atoms with E-state index >= 15 is 0 Å². The maximum absolute atomic E-state index is 12.5. The molecule has 160 valence electrons. The number of aryl methyl sites for hydroxylation is 1. The molecule has 0 spiro atoms. The maximum Gasteiger partial charge on any atom is 0.238 e. The van der Waals surface area contributed by atoms with Crippen LogP contribution >= 0.6 is 27.5 Å². The zero-order valence-electron chi connectivity index (χ0n) is 16.8. The molecule has 0 saturated heterocycles. The molecule has 0 saturated carbocycles. The number of anilines is 2. The van der Waals surface area contributed by atoms with E-state index in [0.717, 1.165) is 5.56 Å². The lowest BCUT2D eigenvalue weighted by molar-refractivity contribution is -0.119. The zero-order chi connectivity index (χ0) is 21.7. The minimum Gasteiger partial charge on any atom is -0.486 e. The second-order valence-corrected chi connectivity index (χ2v) is 8.13. The van der Waals surface area contributed by atoms with E-state index in [-0.39, 0.29) is 24.9 Å². The number of likely N-dealkylation sites (N-methyl/N-ethyl adjacent to an activating group) is 1. The average Bonchev–Trinajstić information content (AvgIpc) is 2.70. The van der Waals surface area contributed by atoms with Crippen LogP contribution in [0.4, 0.5) is 11.4 Å². The fourth-order valence-corrected chi connectivity index (χ4v) is 3.55. The molecule has 2 N–H and O–H groups in total. The number of hydrogen-bond donors (Lipinski definition) is 2. The van der Waals surface area contributed by atoms with Crippen LogP contribution in [0, 0.1) is 6.92 Å². The molecule has 1 aliphatic rings. The molecule has 0 radical (unpaired) electrons. The Morgan fingerprint density at radius 1 is 1.03 bits per heavy atom. The molecule has 0 unspecified atom stereocenters. The lowest BCUT2D eigenvalue weighted by Gasteiger charge is -2.22. The molecule has 0 aromatic heterocycles. The molecule has 30 heavy (non-hydrogen) atoms. The first-order valence-electron chi connectivity index (χ1n) is 9.53. The number of fused-ring (bicyclic) bond motifs is 1. The third-order valence-corrected chi connectivity index (χ3v) is 5.45. The van der Waals surface area contributed by atoms with E-state index in [2.05, 4.69) is 26.6 Å². The van der Waals surface area contributed by atoms with Gasteiger partial charge in [-0.15, -0.1) is 0 Å². The quantitative estimate of drug-likeness (QED) is 0.604. The minimum absolute atomic E-state index is 0.0688. The lowest BCUT2D eigenvalue weighted by atomic mass is 10.2. The summed E-state index contributed by atoms with van der Waals surface area (Å²) in [4.78, 5) is 26.7. The van der Waals surface area contributed by atoms with Crippen molar-refractivity contribution in [2.75, 3.05) is 43.5 Å². The Kier molecular flexibility index (Phi) is 7.58. The van der Waals surface area contributed by atoms with Crippen molar-refractivity contribution in [3.05, 3.63) is 45.4 Å². The number of nitrogens with zero attached hydrogens (tertiary/aromatic N) is 1. The highest BCUT2D eigenvalue weighted by Crippen LogP contribution is 2.38. The summed E-state index contributed by atoms with van der Waals surface area (Å²) in [5.74, 6) is 0.772. The highest BCUT2D eigenvalue weighted by molar-refractivity contribution is 9.10. The molecule has 2 aromatic carbocycles. The van der Waals surface area contributed by atoms with Crippen molar-refractivity contribution in [3.63, 3.8) is 0 Å². The topological polar surface area (TPSA) is 79.9 Å². The molecule has 2 amide bonds. The third kappa shape index (κ3) is 5.87. The number of rotatable bonds is 7. The van der Waals surface area contributed by atoms with E-state index in [1.165, 1.54) is 0 Å². The number of ether oxygens (including phenoxy) is 2. The fourth-order valence-electron chi connectivity index (χ4n) is 2.95. The van der Waals surface area contributed by atoms with Crippen molar-refractivity contribution in [3.8, 4) is 11.5 Å². The molecule has 2 aromatic rings. The van der Waals surface area contributed by atoms with Crippen LogP contribution in [0.2, 0.25) is 5.02 Å². The summed E-state index contributed by atoms with van der Waals surface area (Å²) in [6, 6.07) is 8.81. The predicted octanol–water partition coefficient (Wildman–Crippen LogP) is 4.08. The van der Waals surface area contributed by atoms with Crippen LogP contribution in [-0.4, -0.2) is 49.6 Å². The standard InChI is InChI=1S/C21H23BrClN3O4/c1-3-26(11-20(27)24-16-8-14(23)5-4-13(16)2)12-21(28)25-17-10-19-18(9-15(17)22)29-6-7-30-19/h4-5,8-10H,3,6-7,11-12H2,1-2H3,(H,24,27)(H,25,28). The summed E-state index contributed by atoms with van der Waals surface area (Å²) in [6.45, 7) is 5.43. The van der Waals surface area contributed by atoms with Gasteiger partial charge in [0.15, 0.2) is 11.5 Å². The Hall–Kier alpha value is -2.29. The van der Waals surface area contributed by atoms with Crippen LogP contribution in [0.3, 0.4) is 0 Å². The number of halogens is 2. The van der Waals surface area contributed by atoms with Gasteiger partial charge in [-0.05, 0) is 47.1 Å². The number of nitrogens with one attached hydrogen (secondary N) is 2. The number of amides is 2. The van der Waals surface area contributed by atoms with Crippen molar-refractivity contribution >= 4 is 50.7 Å². The van der Waals surface area contributed by atoms with Gasteiger partial charge in [-0.3, -0.25) is 14.5 Å². The van der Waals surface area contributed by atoms with Gasteiger partial charge in [-0.1, -0.05) is 24.6 Å². The second-order valence-electron chi connectivity index (χ2n) is 6.83. The van der Waals surface area contributed by atoms with Gasteiger partial charge in [0.1, 0.15) is 13.2 Å². The van der Waals surface area contributed by atoms with Crippen molar-refractivity contribution in [1.29, 1.82) is 0 Å². The first kappa shape index (κ1) is 22.4. The van der Waals surface area contributed by atoms with Gasteiger partial charge < -0.3 is 20.1 Å². The van der Waals surface area contributed by atoms with Crippen molar-refractivity contribution in [1.82, 2.24) is 4.90 Å². The van der Waals surface area contributed by atoms with E-state index in [1.807, 2.05) is 19.9 Å². The average molecular weight is 497 g/mol.